The third-order valence-electron chi connectivity index (χ3n) is 3.05. The number of nitrogens with zero attached hydrogens (tertiary/aromatic N) is 1. The Morgan fingerprint density at radius 3 is 3.00 bits per heavy atom. The zero-order chi connectivity index (χ0) is 12.4. The van der Waals surface area contributed by atoms with Crippen LogP contribution in [0.3, 0.4) is 0 Å². The maximum absolute atomic E-state index is 11.6. The molecule has 0 spiro atoms. The van der Waals surface area contributed by atoms with Gasteiger partial charge in [-0.25, -0.2) is 0 Å². The van der Waals surface area contributed by atoms with Gasteiger partial charge in [-0.2, -0.15) is 0 Å². The molecule has 4 nitrogen and oxygen atoms in total. The van der Waals surface area contributed by atoms with Crippen LogP contribution < -0.4 is 5.32 Å². The summed E-state index contributed by atoms with van der Waals surface area (Å²) in [5.74, 6) is 1.10. The van der Waals surface area contributed by atoms with Gasteiger partial charge in [-0.05, 0) is 31.0 Å². The van der Waals surface area contributed by atoms with Gasteiger partial charge in [0.25, 0.3) is 0 Å². The normalized spacial score (nSPS) is 14.4. The van der Waals surface area contributed by atoms with Crippen LogP contribution in [0.2, 0.25) is 0 Å². The maximum atomic E-state index is 11.6. The minimum Gasteiger partial charge on any atom is -0.463 e. The molecule has 0 aliphatic heterocycles. The molecule has 1 fully saturated rings. The third kappa shape index (κ3) is 2.27. The SMILES string of the molecule is O=C(NCc1cccnc1-c1ccco1)C1CC1. The fraction of sp³-hybridized carbons (Fsp3) is 0.286. The van der Waals surface area contributed by atoms with E-state index in [1.54, 1.807) is 12.5 Å². The number of nitrogens with one attached hydrogen (secondary N) is 1. The van der Waals surface area contributed by atoms with Crippen LogP contribution in [0.5, 0.6) is 0 Å². The zero-order valence-electron chi connectivity index (χ0n) is 9.93. The van der Waals surface area contributed by atoms with E-state index in [0.29, 0.717) is 6.54 Å². The molecule has 0 aromatic carbocycles. The quantitative estimate of drug-likeness (QED) is 0.895. The number of hydrogen-bond acceptors (Lipinski definition) is 3. The smallest absolute Gasteiger partial charge is 0.223 e. The predicted molar refractivity (Wildman–Crippen MR) is 66.5 cm³/mol. The zero-order valence-corrected chi connectivity index (χ0v) is 9.93. The summed E-state index contributed by atoms with van der Waals surface area (Å²) >= 11 is 0. The minimum atomic E-state index is 0.143. The van der Waals surface area contributed by atoms with E-state index < -0.39 is 0 Å². The van der Waals surface area contributed by atoms with Crippen LogP contribution in [0.1, 0.15) is 18.4 Å². The number of amides is 1. The monoisotopic (exact) mass is 242 g/mol. The number of carbonyl (C=O) groups is 1. The number of aromatic nitrogens is 1. The Bertz CT molecular complexity index is 545. The fourth-order valence-electron chi connectivity index (χ4n) is 1.89. The van der Waals surface area contributed by atoms with Crippen molar-refractivity contribution in [3.8, 4) is 11.5 Å². The van der Waals surface area contributed by atoms with Crippen molar-refractivity contribution in [2.24, 2.45) is 5.92 Å². The molecule has 18 heavy (non-hydrogen) atoms. The highest BCUT2D eigenvalue weighted by molar-refractivity contribution is 5.81. The fourth-order valence-corrected chi connectivity index (χ4v) is 1.89. The first kappa shape index (κ1) is 11.0. The molecule has 92 valence electrons. The number of hydrogen-bond donors (Lipinski definition) is 1. The molecule has 1 aliphatic carbocycles. The first-order valence-corrected chi connectivity index (χ1v) is 6.10. The van der Waals surface area contributed by atoms with Crippen molar-refractivity contribution in [2.75, 3.05) is 0 Å². The second-order valence-corrected chi connectivity index (χ2v) is 4.48. The number of pyridine rings is 1. The molecular weight excluding hydrogens is 228 g/mol. The maximum Gasteiger partial charge on any atom is 0.223 e. The summed E-state index contributed by atoms with van der Waals surface area (Å²) in [6, 6.07) is 7.52. The van der Waals surface area contributed by atoms with Crippen LogP contribution in [0.15, 0.2) is 41.1 Å². The van der Waals surface area contributed by atoms with E-state index in [-0.39, 0.29) is 11.8 Å². The second kappa shape index (κ2) is 4.64. The molecule has 1 saturated carbocycles. The summed E-state index contributed by atoms with van der Waals surface area (Å²) in [6.45, 7) is 0.499. The average molecular weight is 242 g/mol. The molecule has 0 saturated heterocycles. The minimum absolute atomic E-state index is 0.143. The lowest BCUT2D eigenvalue weighted by molar-refractivity contribution is -0.122. The standard InChI is InChI=1S/C14H14N2O2/c17-14(10-5-6-10)16-9-11-3-1-7-15-13(11)12-4-2-8-18-12/h1-4,7-8,10H,5-6,9H2,(H,16,17). The van der Waals surface area contributed by atoms with Gasteiger partial charge in [0, 0.05) is 24.2 Å². The van der Waals surface area contributed by atoms with Crippen molar-refractivity contribution in [3.05, 3.63) is 42.3 Å². The Hall–Kier alpha value is -2.10. The molecule has 1 aliphatic rings. The van der Waals surface area contributed by atoms with E-state index >= 15 is 0 Å². The predicted octanol–water partition coefficient (Wildman–Crippen LogP) is 2.37. The average Bonchev–Trinajstić information content (AvgIpc) is 3.12. The molecule has 0 bridgehead atoms. The van der Waals surface area contributed by atoms with E-state index in [2.05, 4.69) is 10.3 Å². The Morgan fingerprint density at radius 1 is 1.39 bits per heavy atom. The van der Waals surface area contributed by atoms with Gasteiger partial charge in [-0.1, -0.05) is 6.07 Å². The van der Waals surface area contributed by atoms with Gasteiger partial charge in [0.05, 0.1) is 6.26 Å². The Morgan fingerprint density at radius 2 is 2.28 bits per heavy atom. The lowest BCUT2D eigenvalue weighted by atomic mass is 10.1. The molecule has 3 rings (SSSR count). The molecule has 0 radical (unpaired) electrons. The van der Waals surface area contributed by atoms with Crippen LogP contribution in [0, 0.1) is 5.92 Å². The van der Waals surface area contributed by atoms with Gasteiger partial charge in [0.1, 0.15) is 5.69 Å². The number of rotatable bonds is 4. The number of carbonyl (C=O) groups excluding carboxylic acids is 1. The van der Waals surface area contributed by atoms with Crippen LogP contribution in [-0.2, 0) is 11.3 Å². The summed E-state index contributed by atoms with van der Waals surface area (Å²) in [5, 5.41) is 2.94. The molecule has 2 heterocycles. The first-order valence-electron chi connectivity index (χ1n) is 6.10. The van der Waals surface area contributed by atoms with E-state index in [4.69, 9.17) is 4.42 Å². The van der Waals surface area contributed by atoms with Crippen LogP contribution in [0.4, 0.5) is 0 Å². The molecule has 0 unspecified atom stereocenters. The van der Waals surface area contributed by atoms with Crippen LogP contribution >= 0.6 is 0 Å². The van der Waals surface area contributed by atoms with Crippen molar-refractivity contribution in [1.29, 1.82) is 0 Å². The largest absolute Gasteiger partial charge is 0.463 e. The van der Waals surface area contributed by atoms with Crippen molar-refractivity contribution >= 4 is 5.91 Å². The summed E-state index contributed by atoms with van der Waals surface area (Å²) in [5.41, 5.74) is 1.76. The molecule has 1 N–H and O–H groups in total. The van der Waals surface area contributed by atoms with Crippen LogP contribution in [0.25, 0.3) is 11.5 Å². The van der Waals surface area contributed by atoms with Gasteiger partial charge in [0.15, 0.2) is 5.76 Å². The van der Waals surface area contributed by atoms with Crippen molar-refractivity contribution in [3.63, 3.8) is 0 Å². The van der Waals surface area contributed by atoms with E-state index in [1.165, 1.54) is 0 Å². The highest BCUT2D eigenvalue weighted by atomic mass is 16.3. The Kier molecular flexibility index (Phi) is 2.84. The van der Waals surface area contributed by atoms with Crippen molar-refractivity contribution in [2.45, 2.75) is 19.4 Å². The van der Waals surface area contributed by atoms with Gasteiger partial charge >= 0.3 is 0 Å². The van der Waals surface area contributed by atoms with E-state index in [1.807, 2.05) is 24.3 Å². The van der Waals surface area contributed by atoms with Gasteiger partial charge < -0.3 is 9.73 Å². The number of furan rings is 1. The molecule has 2 aromatic heterocycles. The third-order valence-corrected chi connectivity index (χ3v) is 3.05. The van der Waals surface area contributed by atoms with Gasteiger partial charge in [0.2, 0.25) is 5.91 Å². The summed E-state index contributed by atoms with van der Waals surface area (Å²) < 4.78 is 5.35. The topological polar surface area (TPSA) is 55.1 Å². The molecule has 0 atom stereocenters. The van der Waals surface area contributed by atoms with E-state index in [9.17, 15) is 4.79 Å². The summed E-state index contributed by atoms with van der Waals surface area (Å²) in [4.78, 5) is 15.9. The van der Waals surface area contributed by atoms with Gasteiger partial charge in [-0.15, -0.1) is 0 Å². The Labute approximate surface area is 105 Å². The highest BCUT2D eigenvalue weighted by Gasteiger charge is 2.29. The second-order valence-electron chi connectivity index (χ2n) is 4.48. The van der Waals surface area contributed by atoms with Crippen molar-refractivity contribution in [1.82, 2.24) is 10.3 Å². The lowest BCUT2D eigenvalue weighted by Gasteiger charge is -2.07. The van der Waals surface area contributed by atoms with E-state index in [0.717, 1.165) is 29.9 Å². The van der Waals surface area contributed by atoms with Crippen LogP contribution in [-0.4, -0.2) is 10.9 Å². The summed E-state index contributed by atoms with van der Waals surface area (Å²) in [7, 11) is 0. The Balaban J connectivity index is 1.76. The molecular formula is C14H14N2O2. The first-order chi connectivity index (χ1) is 8.84. The van der Waals surface area contributed by atoms with Crippen molar-refractivity contribution < 1.29 is 9.21 Å². The summed E-state index contributed by atoms with van der Waals surface area (Å²) in [6.07, 6.45) is 5.38. The molecule has 2 aromatic rings. The van der Waals surface area contributed by atoms with Gasteiger partial charge in [-0.3, -0.25) is 9.78 Å². The lowest BCUT2D eigenvalue weighted by Crippen LogP contribution is -2.24. The highest BCUT2D eigenvalue weighted by Crippen LogP contribution is 2.29. The molecule has 4 heteroatoms. The molecule has 1 amide bonds.